The third-order valence-electron chi connectivity index (χ3n) is 3.79. The van der Waals surface area contributed by atoms with Crippen LogP contribution in [0.4, 0.5) is 0 Å². The Hall–Kier alpha value is -2.01. The molecular formula is C20H23BrO4. The van der Waals surface area contributed by atoms with Crippen LogP contribution in [0.15, 0.2) is 34.8 Å². The number of benzene rings is 2. The predicted octanol–water partition coefficient (Wildman–Crippen LogP) is 5.01. The molecule has 0 fully saturated rings. The van der Waals surface area contributed by atoms with Gasteiger partial charge in [0.2, 0.25) is 0 Å². The highest BCUT2D eigenvalue weighted by Gasteiger charge is 2.12. The summed E-state index contributed by atoms with van der Waals surface area (Å²) < 4.78 is 17.4. The van der Waals surface area contributed by atoms with Crippen molar-refractivity contribution in [2.75, 3.05) is 13.7 Å². The molecule has 2 aromatic rings. The highest BCUT2D eigenvalue weighted by molar-refractivity contribution is 9.10. The minimum Gasteiger partial charge on any atom is -0.493 e. The summed E-state index contributed by atoms with van der Waals surface area (Å²) in [4.78, 5) is 12.2. The largest absolute Gasteiger partial charge is 0.493 e. The minimum absolute atomic E-state index is 0.249. The van der Waals surface area contributed by atoms with Gasteiger partial charge in [-0.15, -0.1) is 0 Å². The average molecular weight is 407 g/mol. The van der Waals surface area contributed by atoms with Gasteiger partial charge < -0.3 is 14.2 Å². The van der Waals surface area contributed by atoms with Crippen LogP contribution in [-0.2, 0) is 11.2 Å². The molecule has 0 spiro atoms. The molecule has 0 atom stereocenters. The number of ether oxygens (including phenoxy) is 3. The molecule has 0 unspecified atom stereocenters. The molecule has 4 nitrogen and oxygen atoms in total. The van der Waals surface area contributed by atoms with Crippen molar-refractivity contribution < 1.29 is 19.0 Å². The molecule has 0 saturated carbocycles. The second kappa shape index (κ2) is 8.90. The Balaban J connectivity index is 2.01. The van der Waals surface area contributed by atoms with Crippen LogP contribution in [0.25, 0.3) is 0 Å². The van der Waals surface area contributed by atoms with Crippen LogP contribution in [0.3, 0.4) is 0 Å². The summed E-state index contributed by atoms with van der Waals surface area (Å²) in [5, 5.41) is 0. The Morgan fingerprint density at radius 1 is 1.08 bits per heavy atom. The number of esters is 1. The SMILES string of the molecule is CCOc1ccc(CCC(=O)Oc2c(C)cc(Br)cc2C)cc1OC. The summed E-state index contributed by atoms with van der Waals surface area (Å²) in [5.74, 6) is 1.77. The van der Waals surface area contributed by atoms with Crippen LogP contribution in [0, 0.1) is 13.8 Å². The Morgan fingerprint density at radius 3 is 2.36 bits per heavy atom. The van der Waals surface area contributed by atoms with Gasteiger partial charge in [-0.25, -0.2) is 0 Å². The molecule has 0 saturated heterocycles. The fourth-order valence-corrected chi connectivity index (χ4v) is 3.30. The van der Waals surface area contributed by atoms with Crippen molar-refractivity contribution in [2.45, 2.75) is 33.6 Å². The number of hydrogen-bond acceptors (Lipinski definition) is 4. The van der Waals surface area contributed by atoms with Gasteiger partial charge in [0.25, 0.3) is 0 Å². The normalized spacial score (nSPS) is 10.4. The molecule has 0 aromatic heterocycles. The Morgan fingerprint density at radius 2 is 1.76 bits per heavy atom. The van der Waals surface area contributed by atoms with E-state index >= 15 is 0 Å². The first kappa shape index (κ1) is 19.3. The van der Waals surface area contributed by atoms with E-state index in [2.05, 4.69) is 15.9 Å². The lowest BCUT2D eigenvalue weighted by Crippen LogP contribution is -2.11. The molecule has 0 N–H and O–H groups in total. The number of aryl methyl sites for hydroxylation is 3. The number of rotatable bonds is 7. The van der Waals surface area contributed by atoms with Gasteiger partial charge in [0.1, 0.15) is 5.75 Å². The first-order valence-corrected chi connectivity index (χ1v) is 9.01. The van der Waals surface area contributed by atoms with E-state index < -0.39 is 0 Å². The lowest BCUT2D eigenvalue weighted by Gasteiger charge is -2.12. The van der Waals surface area contributed by atoms with Crippen LogP contribution < -0.4 is 14.2 Å². The molecule has 2 aromatic carbocycles. The van der Waals surface area contributed by atoms with Crippen molar-refractivity contribution in [2.24, 2.45) is 0 Å². The van der Waals surface area contributed by atoms with Crippen LogP contribution >= 0.6 is 15.9 Å². The fourth-order valence-electron chi connectivity index (χ4n) is 2.61. The lowest BCUT2D eigenvalue weighted by atomic mass is 10.1. The maximum Gasteiger partial charge on any atom is 0.311 e. The van der Waals surface area contributed by atoms with Gasteiger partial charge in [-0.1, -0.05) is 22.0 Å². The number of carbonyl (C=O) groups is 1. The molecular weight excluding hydrogens is 384 g/mol. The minimum atomic E-state index is -0.249. The second-order valence-electron chi connectivity index (χ2n) is 5.76. The molecule has 2 rings (SSSR count). The molecule has 0 amide bonds. The van der Waals surface area contributed by atoms with E-state index in [4.69, 9.17) is 14.2 Å². The molecule has 134 valence electrons. The van der Waals surface area contributed by atoms with Gasteiger partial charge in [0, 0.05) is 10.9 Å². The van der Waals surface area contributed by atoms with Crippen molar-refractivity contribution in [3.05, 3.63) is 51.5 Å². The molecule has 0 aliphatic heterocycles. The van der Waals surface area contributed by atoms with Crippen molar-refractivity contribution in [1.29, 1.82) is 0 Å². The maximum absolute atomic E-state index is 12.2. The van der Waals surface area contributed by atoms with Gasteiger partial charge in [0.15, 0.2) is 11.5 Å². The van der Waals surface area contributed by atoms with E-state index in [1.54, 1.807) is 7.11 Å². The number of methoxy groups -OCH3 is 1. The summed E-state index contributed by atoms with van der Waals surface area (Å²) in [6.45, 7) is 6.36. The second-order valence-corrected chi connectivity index (χ2v) is 6.68. The van der Waals surface area contributed by atoms with Crippen LogP contribution in [-0.4, -0.2) is 19.7 Å². The average Bonchev–Trinajstić information content (AvgIpc) is 2.57. The highest BCUT2D eigenvalue weighted by atomic mass is 79.9. The molecule has 0 heterocycles. The van der Waals surface area contributed by atoms with Crippen molar-refractivity contribution >= 4 is 21.9 Å². The topological polar surface area (TPSA) is 44.8 Å². The molecule has 0 aliphatic carbocycles. The summed E-state index contributed by atoms with van der Waals surface area (Å²) in [6.07, 6.45) is 0.877. The molecule has 5 heteroatoms. The fraction of sp³-hybridized carbons (Fsp3) is 0.350. The molecule has 0 radical (unpaired) electrons. The van der Waals surface area contributed by atoms with Crippen LogP contribution in [0.2, 0.25) is 0 Å². The van der Waals surface area contributed by atoms with Gasteiger partial charge in [0.05, 0.1) is 13.7 Å². The Labute approximate surface area is 157 Å². The maximum atomic E-state index is 12.2. The van der Waals surface area contributed by atoms with E-state index in [9.17, 15) is 4.79 Å². The Kier molecular flexibility index (Phi) is 6.88. The van der Waals surface area contributed by atoms with Gasteiger partial charge in [-0.05, 0) is 68.1 Å². The predicted molar refractivity (Wildman–Crippen MR) is 102 cm³/mol. The number of hydrogen-bond donors (Lipinski definition) is 0. The monoisotopic (exact) mass is 406 g/mol. The first-order valence-electron chi connectivity index (χ1n) is 8.21. The summed E-state index contributed by atoms with van der Waals surface area (Å²) >= 11 is 3.44. The lowest BCUT2D eigenvalue weighted by molar-refractivity contribution is -0.134. The van der Waals surface area contributed by atoms with E-state index in [1.165, 1.54) is 0 Å². The van der Waals surface area contributed by atoms with E-state index in [-0.39, 0.29) is 5.97 Å². The van der Waals surface area contributed by atoms with Crippen LogP contribution in [0.5, 0.6) is 17.2 Å². The smallest absolute Gasteiger partial charge is 0.311 e. The highest BCUT2D eigenvalue weighted by Crippen LogP contribution is 2.29. The summed E-state index contributed by atoms with van der Waals surface area (Å²) in [6, 6.07) is 9.58. The zero-order chi connectivity index (χ0) is 18.4. The number of carbonyl (C=O) groups excluding carboxylic acids is 1. The summed E-state index contributed by atoms with van der Waals surface area (Å²) in [7, 11) is 1.61. The van der Waals surface area contributed by atoms with Crippen molar-refractivity contribution in [3.63, 3.8) is 0 Å². The van der Waals surface area contributed by atoms with Crippen molar-refractivity contribution in [1.82, 2.24) is 0 Å². The van der Waals surface area contributed by atoms with E-state index in [0.29, 0.717) is 36.7 Å². The van der Waals surface area contributed by atoms with Gasteiger partial charge in [-0.2, -0.15) is 0 Å². The Bertz CT molecular complexity index is 732. The third kappa shape index (κ3) is 5.23. The van der Waals surface area contributed by atoms with E-state index in [0.717, 1.165) is 21.2 Å². The molecule has 25 heavy (non-hydrogen) atoms. The van der Waals surface area contributed by atoms with Gasteiger partial charge in [-0.3, -0.25) is 4.79 Å². The summed E-state index contributed by atoms with van der Waals surface area (Å²) in [5.41, 5.74) is 2.87. The zero-order valence-corrected chi connectivity index (χ0v) is 16.6. The molecule has 0 aliphatic rings. The molecule has 0 bridgehead atoms. The zero-order valence-electron chi connectivity index (χ0n) is 15.0. The van der Waals surface area contributed by atoms with Crippen molar-refractivity contribution in [3.8, 4) is 17.2 Å². The van der Waals surface area contributed by atoms with E-state index in [1.807, 2.05) is 51.1 Å². The standard InChI is InChI=1S/C20H23BrO4/c1-5-24-17-8-6-15(12-18(17)23-4)7-9-19(22)25-20-13(2)10-16(21)11-14(20)3/h6,8,10-12H,5,7,9H2,1-4H3. The van der Waals surface area contributed by atoms with Gasteiger partial charge >= 0.3 is 5.97 Å². The quantitative estimate of drug-likeness (QED) is 0.478. The first-order chi connectivity index (χ1) is 11.9. The number of halogens is 1. The third-order valence-corrected chi connectivity index (χ3v) is 4.24. The van der Waals surface area contributed by atoms with Crippen LogP contribution in [0.1, 0.15) is 30.0 Å².